The van der Waals surface area contributed by atoms with Crippen LogP contribution in [-0.2, 0) is 6.61 Å². The first-order valence-electron chi connectivity index (χ1n) is 6.33. The summed E-state index contributed by atoms with van der Waals surface area (Å²) in [7, 11) is 0. The molecule has 16 heavy (non-hydrogen) atoms. The van der Waals surface area contributed by atoms with Crippen molar-refractivity contribution < 1.29 is 5.11 Å². The van der Waals surface area contributed by atoms with E-state index >= 15 is 0 Å². The van der Waals surface area contributed by atoms with E-state index in [-0.39, 0.29) is 6.61 Å². The van der Waals surface area contributed by atoms with Crippen molar-refractivity contribution in [3.05, 3.63) is 29.8 Å². The van der Waals surface area contributed by atoms with Crippen LogP contribution in [0.25, 0.3) is 0 Å². The van der Waals surface area contributed by atoms with Crippen molar-refractivity contribution in [2.45, 2.75) is 38.7 Å². The highest BCUT2D eigenvalue weighted by Crippen LogP contribution is 2.27. The van der Waals surface area contributed by atoms with Gasteiger partial charge in [0.25, 0.3) is 0 Å². The van der Waals surface area contributed by atoms with E-state index in [0.717, 1.165) is 23.7 Å². The van der Waals surface area contributed by atoms with Crippen LogP contribution < -0.4 is 5.32 Å². The van der Waals surface area contributed by atoms with E-state index in [9.17, 15) is 5.11 Å². The van der Waals surface area contributed by atoms with Crippen molar-refractivity contribution in [3.8, 4) is 0 Å². The number of aliphatic hydroxyl groups is 1. The maximum atomic E-state index is 9.19. The zero-order valence-electron chi connectivity index (χ0n) is 9.78. The Hall–Kier alpha value is -1.02. The highest BCUT2D eigenvalue weighted by molar-refractivity contribution is 5.50. The smallest absolute Gasteiger partial charge is 0.0701 e. The number of hydrogen-bond donors (Lipinski definition) is 2. The molecule has 0 aromatic heterocycles. The molecule has 0 heterocycles. The summed E-state index contributed by atoms with van der Waals surface area (Å²) in [4.78, 5) is 0. The molecule has 1 fully saturated rings. The first kappa shape index (κ1) is 11.5. The Morgan fingerprint density at radius 3 is 2.69 bits per heavy atom. The van der Waals surface area contributed by atoms with E-state index in [4.69, 9.17) is 0 Å². The largest absolute Gasteiger partial charge is 0.392 e. The molecule has 0 amide bonds. The molecule has 0 atom stereocenters. The average Bonchev–Trinajstić information content (AvgIpc) is 2.83. The highest BCUT2D eigenvalue weighted by Gasteiger charge is 2.14. The molecule has 0 aliphatic heterocycles. The maximum absolute atomic E-state index is 9.19. The summed E-state index contributed by atoms with van der Waals surface area (Å²) in [5.74, 6) is 0.925. The van der Waals surface area contributed by atoms with Gasteiger partial charge in [-0.3, -0.25) is 0 Å². The van der Waals surface area contributed by atoms with E-state index in [1.807, 2.05) is 24.3 Å². The fraction of sp³-hybridized carbons (Fsp3) is 0.571. The zero-order valence-corrected chi connectivity index (χ0v) is 9.78. The Kier molecular flexibility index (Phi) is 4.23. The van der Waals surface area contributed by atoms with Crippen LogP contribution in [-0.4, -0.2) is 11.7 Å². The fourth-order valence-corrected chi connectivity index (χ4v) is 2.54. The zero-order chi connectivity index (χ0) is 11.2. The summed E-state index contributed by atoms with van der Waals surface area (Å²) in [5, 5.41) is 12.6. The molecule has 2 rings (SSSR count). The second-order valence-electron chi connectivity index (χ2n) is 4.68. The monoisotopic (exact) mass is 219 g/mol. The van der Waals surface area contributed by atoms with Crippen LogP contribution in [0.4, 0.5) is 5.69 Å². The van der Waals surface area contributed by atoms with Gasteiger partial charge in [-0.15, -0.1) is 0 Å². The fourth-order valence-electron chi connectivity index (χ4n) is 2.54. The summed E-state index contributed by atoms with van der Waals surface area (Å²) >= 11 is 0. The van der Waals surface area contributed by atoms with Gasteiger partial charge in [-0.2, -0.15) is 0 Å². The molecule has 1 aromatic carbocycles. The molecule has 0 spiro atoms. The molecule has 0 bridgehead atoms. The Labute approximate surface area is 97.7 Å². The molecule has 1 saturated carbocycles. The number of para-hydroxylation sites is 1. The van der Waals surface area contributed by atoms with Crippen molar-refractivity contribution in [1.29, 1.82) is 0 Å². The predicted molar refractivity (Wildman–Crippen MR) is 67.4 cm³/mol. The van der Waals surface area contributed by atoms with Crippen molar-refractivity contribution in [3.63, 3.8) is 0 Å². The quantitative estimate of drug-likeness (QED) is 0.797. The standard InChI is InChI=1S/C14H21NO/c16-11-13-7-3-4-8-14(13)15-10-9-12-5-1-2-6-12/h3-4,7-8,12,15-16H,1-2,5-6,9-11H2. The Morgan fingerprint density at radius 1 is 1.19 bits per heavy atom. The maximum Gasteiger partial charge on any atom is 0.0701 e. The van der Waals surface area contributed by atoms with Gasteiger partial charge >= 0.3 is 0 Å². The SMILES string of the molecule is OCc1ccccc1NCCC1CCCC1. The van der Waals surface area contributed by atoms with Crippen molar-refractivity contribution in [2.24, 2.45) is 5.92 Å². The predicted octanol–water partition coefficient (Wildman–Crippen LogP) is 3.17. The number of anilines is 1. The third kappa shape index (κ3) is 2.99. The van der Waals surface area contributed by atoms with Crippen molar-refractivity contribution in [2.75, 3.05) is 11.9 Å². The van der Waals surface area contributed by atoms with Gasteiger partial charge in [-0.05, 0) is 18.4 Å². The topological polar surface area (TPSA) is 32.3 Å². The van der Waals surface area contributed by atoms with Crippen LogP contribution in [0.2, 0.25) is 0 Å². The van der Waals surface area contributed by atoms with Gasteiger partial charge in [0.15, 0.2) is 0 Å². The number of hydrogen-bond acceptors (Lipinski definition) is 2. The van der Waals surface area contributed by atoms with E-state index in [0.29, 0.717) is 0 Å². The van der Waals surface area contributed by atoms with Crippen LogP contribution in [0.3, 0.4) is 0 Å². The van der Waals surface area contributed by atoms with Gasteiger partial charge in [-0.25, -0.2) is 0 Å². The second kappa shape index (κ2) is 5.90. The molecule has 2 N–H and O–H groups in total. The Morgan fingerprint density at radius 2 is 1.94 bits per heavy atom. The molecule has 1 aromatic rings. The van der Waals surface area contributed by atoms with Crippen LogP contribution in [0.1, 0.15) is 37.7 Å². The van der Waals surface area contributed by atoms with Crippen molar-refractivity contribution >= 4 is 5.69 Å². The van der Waals surface area contributed by atoms with Gasteiger partial charge in [0.1, 0.15) is 0 Å². The summed E-state index contributed by atoms with van der Waals surface area (Å²) in [5.41, 5.74) is 2.08. The molecular formula is C14H21NO. The van der Waals surface area contributed by atoms with Crippen LogP contribution in [0.15, 0.2) is 24.3 Å². The highest BCUT2D eigenvalue weighted by atomic mass is 16.3. The molecule has 0 unspecified atom stereocenters. The van der Waals surface area contributed by atoms with Crippen LogP contribution in [0.5, 0.6) is 0 Å². The molecular weight excluding hydrogens is 198 g/mol. The summed E-state index contributed by atoms with van der Waals surface area (Å²) in [6.45, 7) is 1.15. The third-order valence-corrected chi connectivity index (χ3v) is 3.53. The summed E-state index contributed by atoms with van der Waals surface area (Å²) in [6.07, 6.45) is 6.90. The Balaban J connectivity index is 1.79. The van der Waals surface area contributed by atoms with E-state index in [1.54, 1.807) is 0 Å². The molecule has 1 aliphatic carbocycles. The third-order valence-electron chi connectivity index (χ3n) is 3.53. The number of rotatable bonds is 5. The first-order chi connectivity index (χ1) is 7.90. The van der Waals surface area contributed by atoms with Crippen LogP contribution >= 0.6 is 0 Å². The average molecular weight is 219 g/mol. The lowest BCUT2D eigenvalue weighted by molar-refractivity contribution is 0.282. The first-order valence-corrected chi connectivity index (χ1v) is 6.33. The van der Waals surface area contributed by atoms with Gasteiger partial charge < -0.3 is 10.4 Å². The van der Waals surface area contributed by atoms with Gasteiger partial charge in [0, 0.05) is 17.8 Å². The Bertz CT molecular complexity index is 318. The lowest BCUT2D eigenvalue weighted by Crippen LogP contribution is -2.08. The lowest BCUT2D eigenvalue weighted by atomic mass is 10.0. The molecule has 2 nitrogen and oxygen atoms in total. The number of nitrogens with one attached hydrogen (secondary N) is 1. The molecule has 0 radical (unpaired) electrons. The van der Waals surface area contributed by atoms with Gasteiger partial charge in [0.2, 0.25) is 0 Å². The van der Waals surface area contributed by atoms with E-state index < -0.39 is 0 Å². The van der Waals surface area contributed by atoms with E-state index in [1.165, 1.54) is 32.1 Å². The number of benzene rings is 1. The minimum absolute atomic E-state index is 0.118. The number of aliphatic hydroxyl groups excluding tert-OH is 1. The molecule has 0 saturated heterocycles. The lowest BCUT2D eigenvalue weighted by Gasteiger charge is -2.13. The molecule has 1 aliphatic rings. The van der Waals surface area contributed by atoms with E-state index in [2.05, 4.69) is 5.32 Å². The minimum Gasteiger partial charge on any atom is -0.392 e. The normalized spacial score (nSPS) is 16.6. The van der Waals surface area contributed by atoms with Crippen molar-refractivity contribution in [1.82, 2.24) is 0 Å². The summed E-state index contributed by atoms with van der Waals surface area (Å²) in [6, 6.07) is 7.99. The van der Waals surface area contributed by atoms with Crippen LogP contribution in [0, 0.1) is 5.92 Å². The van der Waals surface area contributed by atoms with Gasteiger partial charge in [0.05, 0.1) is 6.61 Å². The van der Waals surface area contributed by atoms with Gasteiger partial charge in [-0.1, -0.05) is 43.9 Å². The molecule has 88 valence electrons. The summed E-state index contributed by atoms with van der Waals surface area (Å²) < 4.78 is 0. The minimum atomic E-state index is 0.118. The molecule has 2 heteroatoms. The second-order valence-corrected chi connectivity index (χ2v) is 4.68.